The standard InChI is InChI=1S/C12H12N2O2/c1-13-7-3-4-8(14-2)12-10(16)6-5-9(15)11(7)12/h3-6,13-14H,1-2H3. The molecule has 1 aromatic carbocycles. The van der Waals surface area contributed by atoms with Gasteiger partial charge in [0.25, 0.3) is 0 Å². The van der Waals surface area contributed by atoms with Crippen LogP contribution in [0.5, 0.6) is 0 Å². The van der Waals surface area contributed by atoms with Crippen molar-refractivity contribution >= 4 is 22.9 Å². The molecule has 16 heavy (non-hydrogen) atoms. The highest BCUT2D eigenvalue weighted by Gasteiger charge is 2.24. The highest BCUT2D eigenvalue weighted by molar-refractivity contribution is 6.26. The lowest BCUT2D eigenvalue weighted by atomic mass is 9.91. The van der Waals surface area contributed by atoms with Gasteiger partial charge in [-0.2, -0.15) is 0 Å². The van der Waals surface area contributed by atoms with Crippen molar-refractivity contribution in [1.82, 2.24) is 0 Å². The first-order valence-electron chi connectivity index (χ1n) is 4.98. The smallest absolute Gasteiger partial charge is 0.188 e. The van der Waals surface area contributed by atoms with E-state index >= 15 is 0 Å². The normalized spacial score (nSPS) is 13.6. The van der Waals surface area contributed by atoms with Crippen LogP contribution >= 0.6 is 0 Å². The second kappa shape index (κ2) is 3.81. The molecule has 0 unspecified atom stereocenters. The van der Waals surface area contributed by atoms with Gasteiger partial charge in [0.15, 0.2) is 11.6 Å². The predicted molar refractivity (Wildman–Crippen MR) is 63.3 cm³/mol. The van der Waals surface area contributed by atoms with Gasteiger partial charge in [-0.15, -0.1) is 0 Å². The van der Waals surface area contributed by atoms with E-state index < -0.39 is 0 Å². The van der Waals surface area contributed by atoms with Crippen LogP contribution in [0.25, 0.3) is 0 Å². The fourth-order valence-electron chi connectivity index (χ4n) is 1.85. The number of nitrogens with one attached hydrogen (secondary N) is 2. The topological polar surface area (TPSA) is 58.2 Å². The molecule has 1 aliphatic carbocycles. The zero-order chi connectivity index (χ0) is 11.7. The monoisotopic (exact) mass is 216 g/mol. The first kappa shape index (κ1) is 10.4. The zero-order valence-electron chi connectivity index (χ0n) is 9.13. The third-order valence-corrected chi connectivity index (χ3v) is 2.62. The maximum Gasteiger partial charge on any atom is 0.188 e. The third-order valence-electron chi connectivity index (χ3n) is 2.62. The lowest BCUT2D eigenvalue weighted by Gasteiger charge is -2.17. The van der Waals surface area contributed by atoms with Gasteiger partial charge in [-0.1, -0.05) is 0 Å². The molecule has 0 saturated heterocycles. The second-order valence-electron chi connectivity index (χ2n) is 3.47. The van der Waals surface area contributed by atoms with Crippen LogP contribution in [0.3, 0.4) is 0 Å². The van der Waals surface area contributed by atoms with Gasteiger partial charge in [0.05, 0.1) is 11.1 Å². The lowest BCUT2D eigenvalue weighted by Crippen LogP contribution is -2.16. The van der Waals surface area contributed by atoms with Crippen LogP contribution in [-0.4, -0.2) is 25.7 Å². The van der Waals surface area contributed by atoms with Gasteiger partial charge in [-0.3, -0.25) is 9.59 Å². The first-order valence-corrected chi connectivity index (χ1v) is 4.98. The molecule has 1 aromatic rings. The van der Waals surface area contributed by atoms with Crippen LogP contribution in [0.4, 0.5) is 11.4 Å². The molecule has 2 rings (SSSR count). The second-order valence-corrected chi connectivity index (χ2v) is 3.47. The molecule has 0 saturated carbocycles. The minimum atomic E-state index is -0.143. The number of ketones is 2. The summed E-state index contributed by atoms with van der Waals surface area (Å²) in [4.78, 5) is 23.5. The summed E-state index contributed by atoms with van der Waals surface area (Å²) >= 11 is 0. The number of allylic oxidation sites excluding steroid dienone is 2. The summed E-state index contributed by atoms with van der Waals surface area (Å²) in [6.07, 6.45) is 2.62. The summed E-state index contributed by atoms with van der Waals surface area (Å²) in [5, 5.41) is 5.85. The molecule has 1 aliphatic rings. The molecule has 0 radical (unpaired) electrons. The van der Waals surface area contributed by atoms with Crippen molar-refractivity contribution in [3.8, 4) is 0 Å². The largest absolute Gasteiger partial charge is 0.388 e. The van der Waals surface area contributed by atoms with Gasteiger partial charge in [0.1, 0.15) is 0 Å². The molecule has 0 bridgehead atoms. The number of hydrogen-bond acceptors (Lipinski definition) is 4. The van der Waals surface area contributed by atoms with E-state index in [0.29, 0.717) is 22.5 Å². The number of benzene rings is 1. The van der Waals surface area contributed by atoms with Crippen molar-refractivity contribution < 1.29 is 9.59 Å². The van der Waals surface area contributed by atoms with Gasteiger partial charge in [-0.25, -0.2) is 0 Å². The van der Waals surface area contributed by atoms with E-state index in [9.17, 15) is 9.59 Å². The average Bonchev–Trinajstić information content (AvgIpc) is 2.32. The molecule has 2 N–H and O–H groups in total. The molecular formula is C12H12N2O2. The molecule has 4 heteroatoms. The Morgan fingerprint density at radius 2 is 1.19 bits per heavy atom. The fourth-order valence-corrected chi connectivity index (χ4v) is 1.85. The minimum Gasteiger partial charge on any atom is -0.388 e. The van der Waals surface area contributed by atoms with Crippen molar-refractivity contribution in [3.05, 3.63) is 35.4 Å². The summed E-state index contributed by atoms with van der Waals surface area (Å²) in [5.41, 5.74) is 2.25. The van der Waals surface area contributed by atoms with Crippen LogP contribution in [-0.2, 0) is 0 Å². The lowest BCUT2D eigenvalue weighted by molar-refractivity contribution is 0.0995. The Morgan fingerprint density at radius 3 is 1.50 bits per heavy atom. The SMILES string of the molecule is CNc1ccc(NC)c2c1C(=O)C=CC2=O. The Balaban J connectivity index is 2.76. The molecule has 0 atom stereocenters. The fraction of sp³-hybridized carbons (Fsp3) is 0.167. The van der Waals surface area contributed by atoms with Gasteiger partial charge in [-0.05, 0) is 24.3 Å². The number of hydrogen-bond donors (Lipinski definition) is 2. The van der Waals surface area contributed by atoms with Crippen LogP contribution in [0.1, 0.15) is 20.7 Å². The van der Waals surface area contributed by atoms with Crippen molar-refractivity contribution in [3.63, 3.8) is 0 Å². The Kier molecular flexibility index (Phi) is 2.48. The van der Waals surface area contributed by atoms with Crippen LogP contribution in [0.15, 0.2) is 24.3 Å². The molecule has 0 fully saturated rings. The van der Waals surface area contributed by atoms with Crippen molar-refractivity contribution in [1.29, 1.82) is 0 Å². The molecule has 82 valence electrons. The van der Waals surface area contributed by atoms with E-state index in [1.807, 2.05) is 0 Å². The Bertz CT molecular complexity index is 459. The summed E-state index contributed by atoms with van der Waals surface area (Å²) in [6.45, 7) is 0. The van der Waals surface area contributed by atoms with Crippen molar-refractivity contribution in [2.75, 3.05) is 24.7 Å². The summed E-state index contributed by atoms with van der Waals surface area (Å²) in [6, 6.07) is 3.57. The van der Waals surface area contributed by atoms with E-state index in [-0.39, 0.29) is 11.6 Å². The number of carbonyl (C=O) groups excluding carboxylic acids is 2. The Labute approximate surface area is 93.3 Å². The van der Waals surface area contributed by atoms with Crippen LogP contribution in [0, 0.1) is 0 Å². The Hall–Kier alpha value is -2.10. The van der Waals surface area contributed by atoms with Gasteiger partial charge < -0.3 is 10.6 Å². The molecule has 0 aromatic heterocycles. The summed E-state index contributed by atoms with van der Waals surface area (Å²) in [5.74, 6) is -0.285. The van der Waals surface area contributed by atoms with Gasteiger partial charge >= 0.3 is 0 Å². The van der Waals surface area contributed by atoms with E-state index in [0.717, 1.165) is 0 Å². The zero-order valence-corrected chi connectivity index (χ0v) is 9.13. The first-order chi connectivity index (χ1) is 7.69. The van der Waals surface area contributed by atoms with Crippen LogP contribution < -0.4 is 10.6 Å². The van der Waals surface area contributed by atoms with Gasteiger partial charge in [0.2, 0.25) is 0 Å². The minimum absolute atomic E-state index is 0.143. The van der Waals surface area contributed by atoms with E-state index in [1.54, 1.807) is 26.2 Å². The number of carbonyl (C=O) groups is 2. The third kappa shape index (κ3) is 1.39. The molecule has 0 amide bonds. The summed E-state index contributed by atoms with van der Waals surface area (Å²) in [7, 11) is 3.45. The van der Waals surface area contributed by atoms with Crippen LogP contribution in [0.2, 0.25) is 0 Å². The highest BCUT2D eigenvalue weighted by atomic mass is 16.1. The van der Waals surface area contributed by atoms with Crippen molar-refractivity contribution in [2.24, 2.45) is 0 Å². The Morgan fingerprint density at radius 1 is 0.812 bits per heavy atom. The predicted octanol–water partition coefficient (Wildman–Crippen LogP) is 1.71. The van der Waals surface area contributed by atoms with E-state index in [4.69, 9.17) is 0 Å². The maximum absolute atomic E-state index is 11.8. The molecule has 0 heterocycles. The quantitative estimate of drug-likeness (QED) is 0.790. The number of fused-ring (bicyclic) bond motifs is 1. The summed E-state index contributed by atoms with van der Waals surface area (Å²) < 4.78 is 0. The molecule has 0 spiro atoms. The van der Waals surface area contributed by atoms with Gasteiger partial charge in [0, 0.05) is 25.5 Å². The highest BCUT2D eigenvalue weighted by Crippen LogP contribution is 2.30. The molecule has 4 nitrogen and oxygen atoms in total. The number of anilines is 2. The molecular weight excluding hydrogens is 204 g/mol. The average molecular weight is 216 g/mol. The maximum atomic E-state index is 11.8. The van der Waals surface area contributed by atoms with Crippen molar-refractivity contribution in [2.45, 2.75) is 0 Å². The number of rotatable bonds is 2. The molecule has 0 aliphatic heterocycles. The van der Waals surface area contributed by atoms with E-state index in [2.05, 4.69) is 10.6 Å². The van der Waals surface area contributed by atoms with E-state index in [1.165, 1.54) is 12.2 Å².